The Morgan fingerprint density at radius 3 is 2.69 bits per heavy atom. The largest absolute Gasteiger partial charge is 0.322 e. The summed E-state index contributed by atoms with van der Waals surface area (Å²) in [6.07, 6.45) is 5.86. The highest BCUT2D eigenvalue weighted by molar-refractivity contribution is 6.05. The summed E-state index contributed by atoms with van der Waals surface area (Å²) in [5.74, 6) is 0.136. The third-order valence-corrected chi connectivity index (χ3v) is 7.21. The van der Waals surface area contributed by atoms with Crippen LogP contribution in [0.5, 0.6) is 0 Å². The molecule has 4 fully saturated rings. The number of carbonyl (C=O) groups is 3. The van der Waals surface area contributed by atoms with Gasteiger partial charge in [-0.15, -0.1) is 0 Å². The first-order valence-electron chi connectivity index (χ1n) is 10.8. The maximum atomic E-state index is 12.8. The van der Waals surface area contributed by atoms with Gasteiger partial charge in [0, 0.05) is 37.2 Å². The molecule has 3 amide bonds. The molecule has 3 N–H and O–H groups in total. The molecule has 7 heteroatoms. The minimum atomic E-state index is -0.555. The number of piperidine rings is 3. The third-order valence-electron chi connectivity index (χ3n) is 7.21. The van der Waals surface area contributed by atoms with Crippen LogP contribution in [0.4, 0.5) is 0 Å². The minimum Gasteiger partial charge on any atom is -0.322 e. The highest BCUT2D eigenvalue weighted by atomic mass is 16.2. The van der Waals surface area contributed by atoms with Crippen molar-refractivity contribution in [3.63, 3.8) is 0 Å². The lowest BCUT2D eigenvalue weighted by Gasteiger charge is -2.47. The number of benzene rings is 1. The fraction of sp³-hybridized carbons (Fsp3) is 0.591. The second-order valence-electron chi connectivity index (χ2n) is 9.10. The smallest absolute Gasteiger partial charge is 0.255 e. The maximum absolute atomic E-state index is 12.8. The number of hydrogen-bond acceptors (Lipinski definition) is 5. The summed E-state index contributed by atoms with van der Waals surface area (Å²) in [6, 6.07) is 5.40. The van der Waals surface area contributed by atoms with Gasteiger partial charge in [0.25, 0.3) is 5.91 Å². The van der Waals surface area contributed by atoms with Gasteiger partial charge in [0.05, 0.1) is 0 Å². The fourth-order valence-electron chi connectivity index (χ4n) is 5.40. The van der Waals surface area contributed by atoms with Crippen LogP contribution >= 0.6 is 0 Å². The van der Waals surface area contributed by atoms with Crippen molar-refractivity contribution in [2.45, 2.75) is 63.2 Å². The topological polar surface area (TPSA) is 90.5 Å². The second-order valence-corrected chi connectivity index (χ2v) is 9.10. The molecule has 1 unspecified atom stereocenters. The molecule has 4 heterocycles. The van der Waals surface area contributed by atoms with Crippen LogP contribution in [0.2, 0.25) is 0 Å². The van der Waals surface area contributed by atoms with Gasteiger partial charge in [0.1, 0.15) is 6.04 Å². The molecule has 3 saturated heterocycles. The molecule has 0 aromatic heterocycles. The predicted molar refractivity (Wildman–Crippen MR) is 107 cm³/mol. The summed E-state index contributed by atoms with van der Waals surface area (Å²) in [5.41, 5.74) is 3.05. The summed E-state index contributed by atoms with van der Waals surface area (Å²) >= 11 is 0. The Hall–Kier alpha value is -2.25. The van der Waals surface area contributed by atoms with Gasteiger partial charge in [-0.05, 0) is 61.8 Å². The fourth-order valence-corrected chi connectivity index (χ4v) is 5.40. The van der Waals surface area contributed by atoms with Crippen molar-refractivity contribution in [1.82, 2.24) is 20.9 Å². The van der Waals surface area contributed by atoms with Crippen molar-refractivity contribution in [2.24, 2.45) is 5.92 Å². The van der Waals surface area contributed by atoms with Gasteiger partial charge < -0.3 is 15.5 Å². The SMILES string of the molecule is O=C1CCC(N2Cc3cc(CNCC45CCC(CC4)CN5)ccc3C2=O)C(=O)N1. The van der Waals surface area contributed by atoms with Crippen LogP contribution < -0.4 is 16.0 Å². The molecule has 0 radical (unpaired) electrons. The highest BCUT2D eigenvalue weighted by Crippen LogP contribution is 2.36. The first-order chi connectivity index (χ1) is 14.0. The number of imide groups is 1. The van der Waals surface area contributed by atoms with Crippen molar-refractivity contribution >= 4 is 17.7 Å². The van der Waals surface area contributed by atoms with E-state index in [0.29, 0.717) is 18.5 Å². The van der Waals surface area contributed by atoms with E-state index in [2.05, 4.69) is 22.0 Å². The summed E-state index contributed by atoms with van der Waals surface area (Å²) in [4.78, 5) is 37.9. The van der Waals surface area contributed by atoms with Gasteiger partial charge in [-0.3, -0.25) is 19.7 Å². The maximum Gasteiger partial charge on any atom is 0.255 e. The summed E-state index contributed by atoms with van der Waals surface area (Å²) in [5, 5.41) is 9.70. The monoisotopic (exact) mass is 396 g/mol. The number of amides is 3. The van der Waals surface area contributed by atoms with Crippen molar-refractivity contribution in [2.75, 3.05) is 13.1 Å². The van der Waals surface area contributed by atoms with Crippen LogP contribution in [-0.4, -0.2) is 47.3 Å². The first kappa shape index (κ1) is 18.8. The second kappa shape index (κ2) is 7.22. The molecule has 7 nitrogen and oxygen atoms in total. The van der Waals surface area contributed by atoms with Gasteiger partial charge >= 0.3 is 0 Å². The summed E-state index contributed by atoms with van der Waals surface area (Å²) in [7, 11) is 0. The molecule has 29 heavy (non-hydrogen) atoms. The lowest BCUT2D eigenvalue weighted by atomic mass is 9.72. The minimum absolute atomic E-state index is 0.115. The molecule has 1 aromatic rings. The molecular formula is C22H28N4O3. The molecule has 4 aliphatic heterocycles. The Labute approximate surface area is 170 Å². The van der Waals surface area contributed by atoms with E-state index in [9.17, 15) is 14.4 Å². The standard InChI is InChI=1S/C22H28N4O3/c27-19-4-3-18(20(28)25-19)26-12-16-9-15(1-2-17(16)21(26)29)10-23-13-22-7-5-14(6-8-22)11-24-22/h1-2,9,14,18,23-24H,3-8,10-13H2,(H,25,27,28). The normalized spacial score (nSPS) is 31.2. The number of nitrogens with zero attached hydrogens (tertiary/aromatic N) is 1. The Morgan fingerprint density at radius 1 is 1.14 bits per heavy atom. The number of fused-ring (bicyclic) bond motifs is 4. The zero-order valence-corrected chi connectivity index (χ0v) is 16.6. The van der Waals surface area contributed by atoms with E-state index < -0.39 is 6.04 Å². The molecule has 6 rings (SSSR count). The molecule has 1 atom stereocenters. The lowest BCUT2D eigenvalue weighted by Crippen LogP contribution is -2.60. The van der Waals surface area contributed by atoms with Crippen molar-refractivity contribution in [1.29, 1.82) is 0 Å². The van der Waals surface area contributed by atoms with Gasteiger partial charge in [0.2, 0.25) is 11.8 Å². The van der Waals surface area contributed by atoms with E-state index in [0.717, 1.165) is 36.7 Å². The number of carbonyl (C=O) groups excluding carboxylic acids is 3. The van der Waals surface area contributed by atoms with Crippen molar-refractivity contribution in [3.05, 3.63) is 34.9 Å². The van der Waals surface area contributed by atoms with Crippen LogP contribution in [-0.2, 0) is 22.7 Å². The average molecular weight is 396 g/mol. The van der Waals surface area contributed by atoms with Gasteiger partial charge in [-0.25, -0.2) is 0 Å². The molecule has 0 spiro atoms. The van der Waals surface area contributed by atoms with E-state index in [1.54, 1.807) is 4.90 Å². The predicted octanol–water partition coefficient (Wildman–Crippen LogP) is 1.07. The van der Waals surface area contributed by atoms with E-state index in [1.165, 1.54) is 25.7 Å². The summed E-state index contributed by atoms with van der Waals surface area (Å²) in [6.45, 7) is 3.32. The number of rotatable bonds is 5. The van der Waals surface area contributed by atoms with Crippen molar-refractivity contribution < 1.29 is 14.4 Å². The van der Waals surface area contributed by atoms with Crippen LogP contribution in [0.25, 0.3) is 0 Å². The molecule has 1 aliphatic carbocycles. The Bertz CT molecular complexity index is 846. The third kappa shape index (κ3) is 3.46. The molecule has 1 saturated carbocycles. The van der Waals surface area contributed by atoms with Gasteiger partial charge in [0.15, 0.2) is 0 Å². The Morgan fingerprint density at radius 2 is 1.97 bits per heavy atom. The van der Waals surface area contributed by atoms with Crippen LogP contribution in [0.3, 0.4) is 0 Å². The molecule has 1 aromatic carbocycles. The number of nitrogens with one attached hydrogen (secondary N) is 3. The van der Waals surface area contributed by atoms with E-state index in [4.69, 9.17) is 0 Å². The van der Waals surface area contributed by atoms with E-state index >= 15 is 0 Å². The van der Waals surface area contributed by atoms with Gasteiger partial charge in [-0.2, -0.15) is 0 Å². The highest BCUT2D eigenvalue weighted by Gasteiger charge is 2.40. The van der Waals surface area contributed by atoms with E-state index in [-0.39, 0.29) is 29.7 Å². The Kier molecular flexibility index (Phi) is 4.67. The summed E-state index contributed by atoms with van der Waals surface area (Å²) < 4.78 is 0. The van der Waals surface area contributed by atoms with Crippen molar-refractivity contribution in [3.8, 4) is 0 Å². The van der Waals surface area contributed by atoms with E-state index in [1.807, 2.05) is 12.1 Å². The van der Waals surface area contributed by atoms with Crippen LogP contribution in [0.15, 0.2) is 18.2 Å². The molecule has 2 bridgehead atoms. The number of hydrogen-bond donors (Lipinski definition) is 3. The molecule has 5 aliphatic rings. The average Bonchev–Trinajstić information content (AvgIpc) is 3.05. The lowest BCUT2D eigenvalue weighted by molar-refractivity contribution is -0.136. The zero-order chi connectivity index (χ0) is 20.0. The zero-order valence-electron chi connectivity index (χ0n) is 16.6. The molecular weight excluding hydrogens is 368 g/mol. The van der Waals surface area contributed by atoms with Gasteiger partial charge in [-0.1, -0.05) is 12.1 Å². The molecule has 154 valence electrons. The Balaban J connectivity index is 1.22. The quantitative estimate of drug-likeness (QED) is 0.648. The first-order valence-corrected chi connectivity index (χ1v) is 10.8. The van der Waals surface area contributed by atoms with Crippen LogP contribution in [0, 0.1) is 5.92 Å². The van der Waals surface area contributed by atoms with Crippen LogP contribution in [0.1, 0.15) is 60.0 Å².